The quantitative estimate of drug-likeness (QED) is 0.940. The van der Waals surface area contributed by atoms with E-state index in [1.165, 1.54) is 19.2 Å². The van der Waals surface area contributed by atoms with E-state index in [1.807, 2.05) is 11.4 Å². The molecule has 0 aliphatic heterocycles. The van der Waals surface area contributed by atoms with Gasteiger partial charge in [-0.2, -0.15) is 0 Å². The van der Waals surface area contributed by atoms with E-state index in [2.05, 4.69) is 26.2 Å². The number of oxazole rings is 1. The van der Waals surface area contributed by atoms with Crippen molar-refractivity contribution >= 4 is 27.3 Å². The van der Waals surface area contributed by atoms with Gasteiger partial charge in [-0.3, -0.25) is 0 Å². The molecule has 2 heterocycles. The fourth-order valence-electron chi connectivity index (χ4n) is 1.56. The van der Waals surface area contributed by atoms with Crippen LogP contribution in [0.4, 0.5) is 0 Å². The van der Waals surface area contributed by atoms with E-state index in [0.29, 0.717) is 6.04 Å². The molecule has 1 aliphatic rings. The van der Waals surface area contributed by atoms with Gasteiger partial charge < -0.3 is 9.73 Å². The summed E-state index contributed by atoms with van der Waals surface area (Å²) < 4.78 is 6.54. The Bertz CT molecular complexity index is 490. The van der Waals surface area contributed by atoms with E-state index in [-0.39, 0.29) is 0 Å². The van der Waals surface area contributed by atoms with Gasteiger partial charge in [0.1, 0.15) is 5.69 Å². The number of hydrogen-bond donors (Lipinski definition) is 1. The lowest BCUT2D eigenvalue weighted by atomic mass is 10.3. The van der Waals surface area contributed by atoms with Gasteiger partial charge >= 0.3 is 0 Å². The van der Waals surface area contributed by atoms with Crippen molar-refractivity contribution in [3.8, 4) is 10.6 Å². The molecule has 0 radical (unpaired) electrons. The SMILES string of the molecule is Brc1ccsc1-c1ocnc1CNC1CC1. The van der Waals surface area contributed by atoms with Crippen LogP contribution in [0.3, 0.4) is 0 Å². The van der Waals surface area contributed by atoms with Gasteiger partial charge in [-0.05, 0) is 40.2 Å². The normalized spacial score (nSPS) is 15.6. The average Bonchev–Trinajstić information content (AvgIpc) is 2.83. The molecule has 2 aromatic rings. The second-order valence-corrected chi connectivity index (χ2v) is 5.65. The van der Waals surface area contributed by atoms with Crippen molar-refractivity contribution < 1.29 is 4.42 Å². The summed E-state index contributed by atoms with van der Waals surface area (Å²) >= 11 is 5.18. The maximum atomic E-state index is 5.47. The van der Waals surface area contributed by atoms with Crippen molar-refractivity contribution in [2.45, 2.75) is 25.4 Å². The Balaban J connectivity index is 1.83. The smallest absolute Gasteiger partial charge is 0.181 e. The lowest BCUT2D eigenvalue weighted by molar-refractivity contribution is 0.570. The fourth-order valence-corrected chi connectivity index (χ4v) is 3.13. The predicted octanol–water partition coefficient (Wildman–Crippen LogP) is 3.42. The molecule has 5 heteroatoms. The minimum atomic E-state index is 0.691. The van der Waals surface area contributed by atoms with Gasteiger partial charge in [0, 0.05) is 17.1 Å². The van der Waals surface area contributed by atoms with Crippen molar-refractivity contribution in [2.24, 2.45) is 0 Å². The Morgan fingerprint density at radius 3 is 3.12 bits per heavy atom. The Hall–Kier alpha value is -0.650. The van der Waals surface area contributed by atoms with Gasteiger partial charge in [0.05, 0.1) is 4.88 Å². The third-order valence-corrected chi connectivity index (χ3v) is 4.44. The first-order valence-electron chi connectivity index (χ1n) is 5.23. The monoisotopic (exact) mass is 298 g/mol. The molecule has 1 fully saturated rings. The summed E-state index contributed by atoms with van der Waals surface area (Å²) in [4.78, 5) is 5.39. The third kappa shape index (κ3) is 2.07. The zero-order valence-corrected chi connectivity index (χ0v) is 11.0. The maximum Gasteiger partial charge on any atom is 0.181 e. The van der Waals surface area contributed by atoms with Crippen molar-refractivity contribution in [1.29, 1.82) is 0 Å². The first-order chi connectivity index (χ1) is 7.84. The average molecular weight is 299 g/mol. The first-order valence-corrected chi connectivity index (χ1v) is 6.91. The van der Waals surface area contributed by atoms with Crippen LogP contribution in [0.15, 0.2) is 26.7 Å². The topological polar surface area (TPSA) is 38.1 Å². The first kappa shape index (κ1) is 10.5. The molecule has 16 heavy (non-hydrogen) atoms. The minimum absolute atomic E-state index is 0.691. The van der Waals surface area contributed by atoms with Crippen LogP contribution in [0.5, 0.6) is 0 Å². The van der Waals surface area contributed by atoms with Crippen LogP contribution < -0.4 is 5.32 Å². The summed E-state index contributed by atoms with van der Waals surface area (Å²) in [7, 11) is 0. The number of nitrogens with zero attached hydrogens (tertiary/aromatic N) is 1. The standard InChI is InChI=1S/C11H11BrN2OS/c12-8-3-4-16-11(8)10-9(14-6-15-10)5-13-7-1-2-7/h3-4,6-7,13H,1-2,5H2. The zero-order chi connectivity index (χ0) is 11.0. The summed E-state index contributed by atoms with van der Waals surface area (Å²) in [6, 6.07) is 2.72. The molecular weight excluding hydrogens is 288 g/mol. The van der Waals surface area contributed by atoms with Gasteiger partial charge in [-0.25, -0.2) is 4.98 Å². The highest BCUT2D eigenvalue weighted by molar-refractivity contribution is 9.10. The summed E-state index contributed by atoms with van der Waals surface area (Å²) in [5, 5.41) is 5.49. The number of rotatable bonds is 4. The van der Waals surface area contributed by atoms with E-state index in [0.717, 1.165) is 27.3 Å². The Morgan fingerprint density at radius 1 is 1.56 bits per heavy atom. The van der Waals surface area contributed by atoms with E-state index in [1.54, 1.807) is 11.3 Å². The van der Waals surface area contributed by atoms with Crippen molar-refractivity contribution in [2.75, 3.05) is 0 Å². The summed E-state index contributed by atoms with van der Waals surface area (Å²) in [5.74, 6) is 0.884. The van der Waals surface area contributed by atoms with E-state index in [4.69, 9.17) is 4.42 Å². The maximum absolute atomic E-state index is 5.47. The molecule has 2 aromatic heterocycles. The molecule has 1 N–H and O–H groups in total. The number of aromatic nitrogens is 1. The molecule has 3 rings (SSSR count). The highest BCUT2D eigenvalue weighted by atomic mass is 79.9. The Morgan fingerprint density at radius 2 is 2.44 bits per heavy atom. The molecule has 0 saturated heterocycles. The Kier molecular flexibility index (Phi) is 2.83. The second-order valence-electron chi connectivity index (χ2n) is 3.88. The Labute approximate surface area is 106 Å². The lowest BCUT2D eigenvalue weighted by Crippen LogP contribution is -2.15. The molecular formula is C11H11BrN2OS. The minimum Gasteiger partial charge on any atom is -0.442 e. The van der Waals surface area contributed by atoms with Crippen LogP contribution >= 0.6 is 27.3 Å². The molecule has 0 atom stereocenters. The van der Waals surface area contributed by atoms with Crippen LogP contribution in [-0.2, 0) is 6.54 Å². The highest BCUT2D eigenvalue weighted by Gasteiger charge is 2.22. The predicted molar refractivity (Wildman–Crippen MR) is 67.4 cm³/mol. The summed E-state index contributed by atoms with van der Waals surface area (Å²) in [5.41, 5.74) is 0.995. The lowest BCUT2D eigenvalue weighted by Gasteiger charge is -2.01. The molecule has 0 unspecified atom stereocenters. The van der Waals surface area contributed by atoms with Crippen LogP contribution in [0.25, 0.3) is 10.6 Å². The van der Waals surface area contributed by atoms with Crippen molar-refractivity contribution in [1.82, 2.24) is 10.3 Å². The summed E-state index contributed by atoms with van der Waals surface area (Å²) in [6.07, 6.45) is 4.09. The van der Waals surface area contributed by atoms with Crippen molar-refractivity contribution in [3.05, 3.63) is 28.0 Å². The molecule has 0 spiro atoms. The highest BCUT2D eigenvalue weighted by Crippen LogP contribution is 2.35. The van der Waals surface area contributed by atoms with E-state index in [9.17, 15) is 0 Å². The van der Waals surface area contributed by atoms with Gasteiger partial charge in [0.25, 0.3) is 0 Å². The second kappa shape index (κ2) is 4.31. The van der Waals surface area contributed by atoms with Crippen LogP contribution in [0.2, 0.25) is 0 Å². The number of nitrogens with one attached hydrogen (secondary N) is 1. The molecule has 1 saturated carbocycles. The molecule has 0 bridgehead atoms. The number of hydrogen-bond acceptors (Lipinski definition) is 4. The van der Waals surface area contributed by atoms with Gasteiger partial charge in [0.15, 0.2) is 12.2 Å². The number of thiophene rings is 1. The van der Waals surface area contributed by atoms with Gasteiger partial charge in [0.2, 0.25) is 0 Å². The molecule has 0 aromatic carbocycles. The van der Waals surface area contributed by atoms with E-state index >= 15 is 0 Å². The van der Waals surface area contributed by atoms with Crippen LogP contribution in [-0.4, -0.2) is 11.0 Å². The van der Waals surface area contributed by atoms with Crippen LogP contribution in [0.1, 0.15) is 18.5 Å². The summed E-state index contributed by atoms with van der Waals surface area (Å²) in [6.45, 7) is 0.792. The molecule has 84 valence electrons. The molecule has 1 aliphatic carbocycles. The van der Waals surface area contributed by atoms with E-state index < -0.39 is 0 Å². The van der Waals surface area contributed by atoms with Gasteiger partial charge in [-0.15, -0.1) is 11.3 Å². The largest absolute Gasteiger partial charge is 0.442 e. The third-order valence-electron chi connectivity index (χ3n) is 2.60. The van der Waals surface area contributed by atoms with Crippen molar-refractivity contribution in [3.63, 3.8) is 0 Å². The number of halogens is 1. The van der Waals surface area contributed by atoms with Gasteiger partial charge in [-0.1, -0.05) is 0 Å². The fraction of sp³-hybridized carbons (Fsp3) is 0.364. The molecule has 0 amide bonds. The molecule has 3 nitrogen and oxygen atoms in total. The zero-order valence-electron chi connectivity index (χ0n) is 8.57. The van der Waals surface area contributed by atoms with Crippen LogP contribution in [0, 0.1) is 0 Å².